The maximum Gasteiger partial charge on any atom is 0.387 e. The van der Waals surface area contributed by atoms with Gasteiger partial charge in [-0.1, -0.05) is 35.5 Å². The van der Waals surface area contributed by atoms with E-state index >= 15 is 0 Å². The zero-order valence-electron chi connectivity index (χ0n) is 16.4. The molecule has 0 bridgehead atoms. The Labute approximate surface area is 186 Å². The van der Waals surface area contributed by atoms with E-state index in [-0.39, 0.29) is 23.2 Å². The second kappa shape index (κ2) is 11.0. The van der Waals surface area contributed by atoms with Crippen molar-refractivity contribution in [2.45, 2.75) is 18.2 Å². The van der Waals surface area contributed by atoms with Crippen LogP contribution < -0.4 is 14.8 Å². The average molecular weight is 469 g/mol. The van der Waals surface area contributed by atoms with E-state index in [2.05, 4.69) is 20.3 Å². The minimum atomic E-state index is -2.95. The maximum atomic E-state index is 12.5. The molecule has 1 N–H and O–H groups in total. The molecule has 0 radical (unpaired) electrons. The van der Waals surface area contributed by atoms with Crippen LogP contribution in [0.4, 0.5) is 8.78 Å². The molecule has 1 amide bonds. The number of benzene rings is 2. The Morgan fingerprint density at radius 2 is 2.10 bits per heavy atom. The topological polar surface area (TPSA) is 78.3 Å². The average Bonchev–Trinajstić information content (AvgIpc) is 3.21. The van der Waals surface area contributed by atoms with E-state index in [1.165, 1.54) is 24.9 Å². The number of thioether (sulfide) groups is 1. The molecule has 0 fully saturated rings. The Kier molecular flexibility index (Phi) is 8.07. The Bertz CT molecular complexity index is 1040. The van der Waals surface area contributed by atoms with Gasteiger partial charge in [-0.15, -0.1) is 10.2 Å². The van der Waals surface area contributed by atoms with Crippen LogP contribution in [0.5, 0.6) is 11.5 Å². The van der Waals surface area contributed by atoms with Gasteiger partial charge in [0.05, 0.1) is 18.6 Å². The molecule has 0 atom stereocenters. The molecule has 11 heteroatoms. The summed E-state index contributed by atoms with van der Waals surface area (Å²) in [7, 11) is 1.37. The van der Waals surface area contributed by atoms with Gasteiger partial charge in [0.2, 0.25) is 5.91 Å². The molecule has 3 aromatic rings. The van der Waals surface area contributed by atoms with E-state index in [4.69, 9.17) is 16.3 Å². The van der Waals surface area contributed by atoms with Crippen molar-refractivity contribution in [1.82, 2.24) is 20.1 Å². The zero-order chi connectivity index (χ0) is 22.2. The monoisotopic (exact) mass is 468 g/mol. The lowest BCUT2D eigenvalue weighted by molar-refractivity contribution is -0.118. The number of carbonyl (C=O) groups excluding carboxylic acids is 1. The van der Waals surface area contributed by atoms with Gasteiger partial charge in [-0.3, -0.25) is 9.36 Å². The molecule has 0 saturated heterocycles. The second-order valence-electron chi connectivity index (χ2n) is 6.22. The van der Waals surface area contributed by atoms with Crippen molar-refractivity contribution in [3.05, 3.63) is 59.4 Å². The number of carbonyl (C=O) groups is 1. The summed E-state index contributed by atoms with van der Waals surface area (Å²) in [4.78, 5) is 12.2. The summed E-state index contributed by atoms with van der Waals surface area (Å²) in [6, 6.07) is 12.0. The van der Waals surface area contributed by atoms with Crippen molar-refractivity contribution >= 4 is 29.3 Å². The van der Waals surface area contributed by atoms with Crippen molar-refractivity contribution in [2.75, 3.05) is 19.4 Å². The highest BCUT2D eigenvalue weighted by Gasteiger charge is 2.13. The fraction of sp³-hybridized carbons (Fsp3) is 0.250. The van der Waals surface area contributed by atoms with Crippen LogP contribution in [0.1, 0.15) is 5.56 Å². The quantitative estimate of drug-likeness (QED) is 0.453. The number of nitrogens with zero attached hydrogens (tertiary/aromatic N) is 3. The third-order valence-corrected chi connectivity index (χ3v) is 5.29. The summed E-state index contributed by atoms with van der Waals surface area (Å²) in [6.45, 7) is -2.62. The summed E-state index contributed by atoms with van der Waals surface area (Å²) in [5.41, 5.74) is 1.52. The minimum Gasteiger partial charge on any atom is -0.493 e. The second-order valence-corrected chi connectivity index (χ2v) is 7.59. The van der Waals surface area contributed by atoms with Gasteiger partial charge >= 0.3 is 6.61 Å². The smallest absolute Gasteiger partial charge is 0.387 e. The first-order valence-electron chi connectivity index (χ1n) is 9.13. The van der Waals surface area contributed by atoms with Crippen molar-refractivity contribution in [1.29, 1.82) is 0 Å². The first-order chi connectivity index (χ1) is 15.0. The Hall–Kier alpha value is -2.85. The van der Waals surface area contributed by atoms with Gasteiger partial charge in [0, 0.05) is 11.6 Å². The first kappa shape index (κ1) is 22.8. The molecule has 0 aliphatic heterocycles. The van der Waals surface area contributed by atoms with Gasteiger partial charge in [0.15, 0.2) is 16.7 Å². The lowest BCUT2D eigenvalue weighted by Gasteiger charge is -2.12. The fourth-order valence-corrected chi connectivity index (χ4v) is 3.66. The number of methoxy groups -OCH3 is 1. The molecule has 7 nitrogen and oxygen atoms in total. The molecular weight excluding hydrogens is 450 g/mol. The van der Waals surface area contributed by atoms with E-state index in [0.717, 1.165) is 11.3 Å². The van der Waals surface area contributed by atoms with Gasteiger partial charge < -0.3 is 14.8 Å². The summed E-state index contributed by atoms with van der Waals surface area (Å²) >= 11 is 7.26. The highest BCUT2D eigenvalue weighted by Crippen LogP contribution is 2.29. The molecule has 0 spiro atoms. The van der Waals surface area contributed by atoms with Crippen LogP contribution in [0.15, 0.2) is 53.9 Å². The van der Waals surface area contributed by atoms with E-state index in [9.17, 15) is 13.6 Å². The van der Waals surface area contributed by atoms with E-state index < -0.39 is 6.61 Å². The number of amides is 1. The lowest BCUT2D eigenvalue weighted by atomic mass is 10.1. The third-order valence-electron chi connectivity index (χ3n) is 4.12. The number of rotatable bonds is 10. The molecular formula is C20H19ClF2N4O3S. The molecule has 0 unspecified atom stereocenters. The highest BCUT2D eigenvalue weighted by atomic mass is 35.5. The van der Waals surface area contributed by atoms with Crippen LogP contribution in [0.25, 0.3) is 5.69 Å². The van der Waals surface area contributed by atoms with Crippen LogP contribution in [-0.4, -0.2) is 46.7 Å². The van der Waals surface area contributed by atoms with Crippen molar-refractivity contribution < 1.29 is 23.0 Å². The number of alkyl halides is 2. The lowest BCUT2D eigenvalue weighted by Crippen LogP contribution is -2.27. The number of hydrogen-bond acceptors (Lipinski definition) is 6. The summed E-state index contributed by atoms with van der Waals surface area (Å²) < 4.78 is 36.3. The predicted molar refractivity (Wildman–Crippen MR) is 113 cm³/mol. The van der Waals surface area contributed by atoms with Gasteiger partial charge in [-0.05, 0) is 42.3 Å². The van der Waals surface area contributed by atoms with Crippen LogP contribution >= 0.6 is 23.4 Å². The van der Waals surface area contributed by atoms with E-state index in [0.29, 0.717) is 23.1 Å². The molecule has 164 valence electrons. The fourth-order valence-electron chi connectivity index (χ4n) is 2.72. The van der Waals surface area contributed by atoms with E-state index in [1.807, 2.05) is 12.1 Å². The van der Waals surface area contributed by atoms with Gasteiger partial charge in [-0.2, -0.15) is 8.78 Å². The van der Waals surface area contributed by atoms with Crippen LogP contribution in [0.3, 0.4) is 0 Å². The summed E-state index contributed by atoms with van der Waals surface area (Å²) in [5.74, 6) is 0.121. The molecule has 31 heavy (non-hydrogen) atoms. The molecule has 3 rings (SSSR count). The predicted octanol–water partition coefficient (Wildman–Crippen LogP) is 3.98. The van der Waals surface area contributed by atoms with Crippen LogP contribution in [0.2, 0.25) is 5.02 Å². The molecule has 1 heterocycles. The number of halogens is 3. The van der Waals surface area contributed by atoms with Crippen molar-refractivity contribution in [2.24, 2.45) is 0 Å². The number of ether oxygens (including phenoxy) is 2. The van der Waals surface area contributed by atoms with Crippen molar-refractivity contribution in [3.8, 4) is 17.2 Å². The molecule has 0 aliphatic carbocycles. The van der Waals surface area contributed by atoms with Gasteiger partial charge in [0.25, 0.3) is 0 Å². The number of aromatic nitrogens is 3. The zero-order valence-corrected chi connectivity index (χ0v) is 18.0. The first-order valence-corrected chi connectivity index (χ1v) is 10.5. The molecule has 0 aliphatic rings. The van der Waals surface area contributed by atoms with E-state index in [1.54, 1.807) is 35.2 Å². The molecule has 0 saturated carbocycles. The Morgan fingerprint density at radius 1 is 1.26 bits per heavy atom. The van der Waals surface area contributed by atoms with Crippen LogP contribution in [-0.2, 0) is 11.2 Å². The maximum absolute atomic E-state index is 12.5. The van der Waals surface area contributed by atoms with Crippen LogP contribution in [0, 0.1) is 0 Å². The molecule has 2 aromatic carbocycles. The third kappa shape index (κ3) is 6.56. The Balaban J connectivity index is 1.50. The van der Waals surface area contributed by atoms with Gasteiger partial charge in [-0.25, -0.2) is 0 Å². The standard InChI is InChI=1S/C20H19ClF2N4O3S/c1-29-16-6-5-13(9-17(16)30-19(22)23)7-8-24-18(28)11-31-20-26-25-12-27(20)15-4-2-3-14(21)10-15/h2-6,9-10,12,19H,7-8,11H2,1H3,(H,24,28). The minimum absolute atomic E-state index is 0.0442. The number of nitrogens with one attached hydrogen (secondary N) is 1. The summed E-state index contributed by atoms with van der Waals surface area (Å²) in [6.07, 6.45) is 1.99. The highest BCUT2D eigenvalue weighted by molar-refractivity contribution is 7.99. The number of hydrogen-bond donors (Lipinski definition) is 1. The normalized spacial score (nSPS) is 10.9. The summed E-state index contributed by atoms with van der Waals surface area (Å²) in [5, 5.41) is 11.9. The van der Waals surface area contributed by atoms with Crippen molar-refractivity contribution in [3.63, 3.8) is 0 Å². The van der Waals surface area contributed by atoms with Gasteiger partial charge in [0.1, 0.15) is 6.33 Å². The Morgan fingerprint density at radius 3 is 2.84 bits per heavy atom. The molecule has 1 aromatic heterocycles. The SMILES string of the molecule is COc1ccc(CCNC(=O)CSc2nncn2-c2cccc(Cl)c2)cc1OC(F)F. The largest absolute Gasteiger partial charge is 0.493 e.